The summed E-state index contributed by atoms with van der Waals surface area (Å²) >= 11 is 0. The maximum atomic E-state index is 13.2. The molecule has 5 aliphatic rings. The average Bonchev–Trinajstić information content (AvgIpc) is 3.41. The van der Waals surface area contributed by atoms with Crippen molar-refractivity contribution in [1.82, 2.24) is 0 Å². The highest BCUT2D eigenvalue weighted by Gasteiger charge is 2.59. The first-order chi connectivity index (χ1) is 23.0. The summed E-state index contributed by atoms with van der Waals surface area (Å²) in [7, 11) is 0. The van der Waals surface area contributed by atoms with Gasteiger partial charge in [-0.3, -0.25) is 0 Å². The minimum atomic E-state index is -0.313. The second-order valence-corrected chi connectivity index (χ2v) is 17.6. The molecule has 5 aliphatic carbocycles. The van der Waals surface area contributed by atoms with Crippen molar-refractivity contribution in [3.8, 4) is 5.75 Å². The lowest BCUT2D eigenvalue weighted by Gasteiger charge is -2.58. The molecule has 8 atom stereocenters. The van der Waals surface area contributed by atoms with E-state index in [0.29, 0.717) is 16.7 Å². The first kappa shape index (κ1) is 33.9. The molecule has 0 saturated heterocycles. The summed E-state index contributed by atoms with van der Waals surface area (Å²) < 4.78 is 18.0. The predicted molar refractivity (Wildman–Crippen MR) is 192 cm³/mol. The van der Waals surface area contributed by atoms with Gasteiger partial charge < -0.3 is 13.9 Å². The highest BCUT2D eigenvalue weighted by atomic mass is 16.6. The van der Waals surface area contributed by atoms with Crippen LogP contribution in [0.25, 0.3) is 11.0 Å². The third-order valence-electron chi connectivity index (χ3n) is 14.3. The molecule has 1 aromatic heterocycles. The van der Waals surface area contributed by atoms with E-state index < -0.39 is 0 Å². The summed E-state index contributed by atoms with van der Waals surface area (Å²) in [5.74, 6) is 5.25. The summed E-state index contributed by atoms with van der Waals surface area (Å²) in [5, 5.41) is 0.843. The van der Waals surface area contributed by atoms with Crippen LogP contribution >= 0.6 is 0 Å². The second-order valence-electron chi connectivity index (χ2n) is 17.6. The number of ether oxygens (including phenoxy) is 2. The van der Waals surface area contributed by atoms with Crippen LogP contribution in [0.3, 0.4) is 0 Å². The molecule has 0 radical (unpaired) electrons. The van der Waals surface area contributed by atoms with E-state index in [1.165, 1.54) is 51.4 Å². The highest BCUT2D eigenvalue weighted by Crippen LogP contribution is 2.67. The van der Waals surface area contributed by atoms with Crippen LogP contribution in [-0.4, -0.2) is 18.7 Å². The van der Waals surface area contributed by atoms with Gasteiger partial charge in [0.05, 0.1) is 5.39 Å². The number of aryl methyl sites for hydroxylation is 2. The molecule has 7 rings (SSSR count). The molecule has 1 aromatic carbocycles. The molecule has 0 amide bonds. The van der Waals surface area contributed by atoms with Crippen molar-refractivity contribution in [2.75, 3.05) is 6.61 Å². The van der Waals surface area contributed by atoms with Crippen molar-refractivity contribution in [2.24, 2.45) is 46.3 Å². The Kier molecular flexibility index (Phi) is 9.39. The minimum Gasteiger partial charge on any atom is -0.481 e. The maximum absolute atomic E-state index is 13.2. The van der Waals surface area contributed by atoms with Crippen molar-refractivity contribution in [1.29, 1.82) is 0 Å². The van der Waals surface area contributed by atoms with Crippen LogP contribution in [0.2, 0.25) is 0 Å². The zero-order chi connectivity index (χ0) is 33.8. The van der Waals surface area contributed by atoms with Gasteiger partial charge in [0.15, 0.2) is 6.61 Å². The van der Waals surface area contributed by atoms with E-state index in [1.807, 2.05) is 19.1 Å². The number of hydrogen-bond donors (Lipinski definition) is 0. The SMILES string of the molecule is Cc1cc(OCC(=O)O[C@H]2CC[C@@]3(C)C(=CC[C@H]4[C@H]5CC[C@H]([C@H](C)CCCC(C)C)[C@@]5(C)CC[C@H]43)C2)c2c3c(c(=O)oc2c1)CCCC3. The number of esters is 1. The quantitative estimate of drug-likeness (QED) is 0.153. The number of fused-ring (bicyclic) bond motifs is 8. The molecule has 0 aliphatic heterocycles. The molecule has 5 heteroatoms. The van der Waals surface area contributed by atoms with Crippen molar-refractivity contribution in [3.63, 3.8) is 0 Å². The van der Waals surface area contributed by atoms with E-state index in [1.54, 1.807) is 5.57 Å². The molecule has 262 valence electrons. The van der Waals surface area contributed by atoms with E-state index in [4.69, 9.17) is 13.9 Å². The van der Waals surface area contributed by atoms with Crippen LogP contribution in [0.1, 0.15) is 135 Å². The molecule has 0 unspecified atom stereocenters. The molecule has 0 bridgehead atoms. The Morgan fingerprint density at radius 2 is 1.77 bits per heavy atom. The van der Waals surface area contributed by atoms with Crippen LogP contribution in [0, 0.1) is 53.3 Å². The van der Waals surface area contributed by atoms with E-state index in [-0.39, 0.29) is 29.7 Å². The fourth-order valence-corrected chi connectivity index (χ4v) is 11.9. The Morgan fingerprint density at radius 1 is 0.979 bits per heavy atom. The lowest BCUT2D eigenvalue weighted by Crippen LogP contribution is -2.51. The summed E-state index contributed by atoms with van der Waals surface area (Å²) in [6.07, 6.45) is 19.9. The van der Waals surface area contributed by atoms with Gasteiger partial charge in [0, 0.05) is 12.0 Å². The monoisotopic (exact) mass is 656 g/mol. The normalized spacial score (nSPS) is 33.3. The molecular weight excluding hydrogens is 596 g/mol. The van der Waals surface area contributed by atoms with E-state index in [0.717, 1.165) is 103 Å². The first-order valence-corrected chi connectivity index (χ1v) is 19.6. The van der Waals surface area contributed by atoms with Crippen LogP contribution in [0.15, 0.2) is 33.0 Å². The Hall–Kier alpha value is -2.56. The van der Waals surface area contributed by atoms with Crippen LogP contribution in [-0.2, 0) is 22.4 Å². The molecule has 3 saturated carbocycles. The molecular formula is C43H60O5. The van der Waals surface area contributed by atoms with Crippen molar-refractivity contribution in [2.45, 2.75) is 144 Å². The van der Waals surface area contributed by atoms with Crippen LogP contribution in [0.4, 0.5) is 0 Å². The number of carbonyl (C=O) groups excluding carboxylic acids is 1. The molecule has 0 spiro atoms. The topological polar surface area (TPSA) is 65.7 Å². The maximum Gasteiger partial charge on any atom is 0.344 e. The molecule has 3 fully saturated rings. The minimum absolute atomic E-state index is 0.0894. The molecule has 1 heterocycles. The summed E-state index contributed by atoms with van der Waals surface area (Å²) in [6.45, 7) is 14.3. The van der Waals surface area contributed by atoms with Gasteiger partial charge in [0.1, 0.15) is 17.4 Å². The number of hydrogen-bond acceptors (Lipinski definition) is 5. The number of carbonyl (C=O) groups is 1. The Labute approximate surface area is 288 Å². The first-order valence-electron chi connectivity index (χ1n) is 19.6. The average molecular weight is 657 g/mol. The van der Waals surface area contributed by atoms with Gasteiger partial charge in [0.2, 0.25) is 0 Å². The van der Waals surface area contributed by atoms with Crippen molar-refractivity contribution in [3.05, 3.63) is 50.9 Å². The van der Waals surface area contributed by atoms with Gasteiger partial charge in [-0.25, -0.2) is 9.59 Å². The van der Waals surface area contributed by atoms with Gasteiger partial charge in [-0.15, -0.1) is 0 Å². The molecule has 5 nitrogen and oxygen atoms in total. The van der Waals surface area contributed by atoms with Gasteiger partial charge in [-0.2, -0.15) is 0 Å². The highest BCUT2D eigenvalue weighted by molar-refractivity contribution is 5.89. The van der Waals surface area contributed by atoms with E-state index >= 15 is 0 Å². The number of rotatable bonds is 9. The van der Waals surface area contributed by atoms with Crippen molar-refractivity contribution >= 4 is 16.9 Å². The lowest BCUT2D eigenvalue weighted by atomic mass is 9.47. The molecule has 48 heavy (non-hydrogen) atoms. The van der Waals surface area contributed by atoms with E-state index in [2.05, 4.69) is 40.7 Å². The van der Waals surface area contributed by atoms with Gasteiger partial charge in [-0.1, -0.05) is 65.5 Å². The van der Waals surface area contributed by atoms with Gasteiger partial charge >= 0.3 is 11.6 Å². The zero-order valence-corrected chi connectivity index (χ0v) is 30.6. The molecule has 2 aromatic rings. The fraction of sp³-hybridized carbons (Fsp3) is 0.721. The third-order valence-corrected chi connectivity index (χ3v) is 14.3. The fourth-order valence-electron chi connectivity index (χ4n) is 11.9. The van der Waals surface area contributed by atoms with Gasteiger partial charge in [0.25, 0.3) is 0 Å². The standard InChI is InChI=1S/C43H60O5/c1-26(2)10-9-11-28(4)34-16-17-35-33-15-14-29-24-30(18-20-42(29,5)36(33)19-21-43(34,35)6)47-39(44)25-46-37-22-27(3)23-38-40(37)31-12-7-8-13-32(31)41(45)48-38/h14,22-23,26,28,30,33-36H,7-13,15-21,24-25H2,1-6H3/t28-,30+,33+,34-,35-,36-,42+,43-/m1/s1. The zero-order valence-electron chi connectivity index (χ0n) is 30.6. The van der Waals surface area contributed by atoms with Crippen LogP contribution in [0.5, 0.6) is 5.75 Å². The summed E-state index contributed by atoms with van der Waals surface area (Å²) in [6, 6.07) is 3.85. The number of allylic oxidation sites excluding steroid dienone is 1. The second kappa shape index (κ2) is 13.3. The predicted octanol–water partition coefficient (Wildman–Crippen LogP) is 10.3. The van der Waals surface area contributed by atoms with E-state index in [9.17, 15) is 9.59 Å². The third kappa shape index (κ3) is 6.08. The smallest absolute Gasteiger partial charge is 0.344 e. The Bertz CT molecular complexity index is 1610. The largest absolute Gasteiger partial charge is 0.481 e. The Balaban J connectivity index is 0.991. The van der Waals surface area contributed by atoms with Crippen molar-refractivity contribution < 1.29 is 18.7 Å². The summed E-state index contributed by atoms with van der Waals surface area (Å²) in [4.78, 5) is 25.9. The lowest BCUT2D eigenvalue weighted by molar-refractivity contribution is -0.153. The molecule has 0 N–H and O–H groups in total. The van der Waals surface area contributed by atoms with Gasteiger partial charge in [-0.05, 0) is 147 Å². The van der Waals surface area contributed by atoms with Crippen LogP contribution < -0.4 is 10.4 Å². The Morgan fingerprint density at radius 3 is 2.56 bits per heavy atom. The summed E-state index contributed by atoms with van der Waals surface area (Å²) in [5.41, 5.74) is 5.31. The number of benzene rings is 1.